The Morgan fingerprint density at radius 2 is 1.77 bits per heavy atom. The Labute approximate surface area is 78.7 Å². The van der Waals surface area contributed by atoms with Gasteiger partial charge in [0, 0.05) is 12.1 Å². The molecule has 0 aliphatic rings. The van der Waals surface area contributed by atoms with Gasteiger partial charge in [-0.1, -0.05) is 0 Å². The van der Waals surface area contributed by atoms with E-state index >= 15 is 0 Å². The van der Waals surface area contributed by atoms with Crippen molar-refractivity contribution < 1.29 is 8.78 Å². The van der Waals surface area contributed by atoms with Crippen molar-refractivity contribution in [1.82, 2.24) is 0 Å². The fraction of sp³-hybridized carbons (Fsp3) is 1.00. The van der Waals surface area contributed by atoms with E-state index in [1.807, 2.05) is 0 Å². The lowest BCUT2D eigenvalue weighted by Gasteiger charge is -2.26. The van der Waals surface area contributed by atoms with Crippen molar-refractivity contribution in [2.24, 2.45) is 17.4 Å². The first-order chi connectivity index (χ1) is 5.99. The molecule has 13 heavy (non-hydrogen) atoms. The van der Waals surface area contributed by atoms with Crippen LogP contribution in [-0.4, -0.2) is 24.9 Å². The van der Waals surface area contributed by atoms with Crippen LogP contribution in [0.1, 0.15) is 26.7 Å². The second-order valence-electron chi connectivity index (χ2n) is 3.68. The Morgan fingerprint density at radius 1 is 1.23 bits per heavy atom. The standard InChI is InChI=1S/C9H20F2N2/c1-6(11)5-9(13)8(3-4-10)7(2)12/h6-9H,3-5,12-13H2,1-2H3/t6-,7+,8?,9+/m0/s1. The van der Waals surface area contributed by atoms with E-state index in [-0.39, 0.29) is 24.4 Å². The van der Waals surface area contributed by atoms with Gasteiger partial charge in [0.1, 0.15) is 0 Å². The first-order valence-corrected chi connectivity index (χ1v) is 4.70. The zero-order chi connectivity index (χ0) is 10.4. The molecule has 0 spiro atoms. The highest BCUT2D eigenvalue weighted by molar-refractivity contribution is 4.80. The van der Waals surface area contributed by atoms with E-state index in [0.717, 1.165) is 0 Å². The Hall–Kier alpha value is -0.220. The van der Waals surface area contributed by atoms with Crippen LogP contribution in [0.15, 0.2) is 0 Å². The highest BCUT2D eigenvalue weighted by Gasteiger charge is 2.22. The molecule has 2 nitrogen and oxygen atoms in total. The lowest BCUT2D eigenvalue weighted by atomic mass is 9.88. The largest absolute Gasteiger partial charge is 0.328 e. The quantitative estimate of drug-likeness (QED) is 0.671. The van der Waals surface area contributed by atoms with E-state index in [9.17, 15) is 8.78 Å². The third-order valence-electron chi connectivity index (χ3n) is 2.26. The smallest absolute Gasteiger partial charge is 0.0988 e. The van der Waals surface area contributed by atoms with Crippen molar-refractivity contribution in [2.45, 2.75) is 44.9 Å². The van der Waals surface area contributed by atoms with E-state index in [0.29, 0.717) is 6.42 Å². The van der Waals surface area contributed by atoms with Crippen molar-refractivity contribution in [1.29, 1.82) is 0 Å². The van der Waals surface area contributed by atoms with Crippen LogP contribution in [-0.2, 0) is 0 Å². The number of alkyl halides is 2. The summed E-state index contributed by atoms with van der Waals surface area (Å²) in [6, 6.07) is -0.514. The van der Waals surface area contributed by atoms with Gasteiger partial charge in [-0.05, 0) is 32.6 Å². The zero-order valence-corrected chi connectivity index (χ0v) is 8.34. The van der Waals surface area contributed by atoms with Gasteiger partial charge in [0.25, 0.3) is 0 Å². The molecule has 0 saturated heterocycles. The van der Waals surface area contributed by atoms with Gasteiger partial charge in [-0.2, -0.15) is 0 Å². The Balaban J connectivity index is 4.02. The lowest BCUT2D eigenvalue weighted by Crippen LogP contribution is -2.42. The summed E-state index contributed by atoms with van der Waals surface area (Å²) in [5.74, 6) is -0.122. The predicted octanol–water partition coefficient (Wildman–Crippen LogP) is 1.38. The summed E-state index contributed by atoms with van der Waals surface area (Å²) in [7, 11) is 0. The third kappa shape index (κ3) is 5.16. The fourth-order valence-corrected chi connectivity index (χ4v) is 1.54. The van der Waals surface area contributed by atoms with Gasteiger partial charge in [0.15, 0.2) is 0 Å². The molecule has 0 aliphatic heterocycles. The molecule has 4 N–H and O–H groups in total. The molecular weight excluding hydrogens is 174 g/mol. The summed E-state index contributed by atoms with van der Waals surface area (Å²) in [5, 5.41) is 0. The van der Waals surface area contributed by atoms with Gasteiger partial charge in [0.05, 0.1) is 12.8 Å². The van der Waals surface area contributed by atoms with Crippen molar-refractivity contribution in [2.75, 3.05) is 6.67 Å². The average molecular weight is 194 g/mol. The summed E-state index contributed by atoms with van der Waals surface area (Å²) in [6.07, 6.45) is -0.367. The van der Waals surface area contributed by atoms with Gasteiger partial charge >= 0.3 is 0 Å². The van der Waals surface area contributed by atoms with E-state index in [1.165, 1.54) is 6.92 Å². The molecule has 0 bridgehead atoms. The van der Waals surface area contributed by atoms with E-state index in [2.05, 4.69) is 0 Å². The van der Waals surface area contributed by atoms with Crippen molar-refractivity contribution in [3.8, 4) is 0 Å². The first kappa shape index (κ1) is 12.8. The fourth-order valence-electron chi connectivity index (χ4n) is 1.54. The maximum atomic E-state index is 12.6. The molecule has 0 saturated carbocycles. The normalized spacial score (nSPS) is 20.8. The van der Waals surface area contributed by atoms with E-state index in [4.69, 9.17) is 11.5 Å². The van der Waals surface area contributed by atoms with Gasteiger partial charge < -0.3 is 11.5 Å². The lowest BCUT2D eigenvalue weighted by molar-refractivity contribution is 0.242. The Bertz CT molecular complexity index is 129. The molecule has 4 atom stereocenters. The molecule has 0 heterocycles. The second kappa shape index (κ2) is 6.27. The molecule has 0 fully saturated rings. The van der Waals surface area contributed by atoms with E-state index < -0.39 is 12.8 Å². The van der Waals surface area contributed by atoms with Crippen molar-refractivity contribution >= 4 is 0 Å². The minimum absolute atomic E-state index is 0.122. The molecular formula is C9H20F2N2. The van der Waals surface area contributed by atoms with Gasteiger partial charge in [0.2, 0.25) is 0 Å². The van der Waals surface area contributed by atoms with Crippen LogP contribution in [0.3, 0.4) is 0 Å². The van der Waals surface area contributed by atoms with Gasteiger partial charge in [-0.15, -0.1) is 0 Å². The number of rotatable bonds is 6. The average Bonchev–Trinajstić information content (AvgIpc) is 1.97. The monoisotopic (exact) mass is 194 g/mol. The molecule has 0 aliphatic carbocycles. The second-order valence-corrected chi connectivity index (χ2v) is 3.68. The van der Waals surface area contributed by atoms with Crippen LogP contribution < -0.4 is 11.5 Å². The van der Waals surface area contributed by atoms with Crippen LogP contribution in [0.2, 0.25) is 0 Å². The molecule has 0 aromatic carbocycles. The highest BCUT2D eigenvalue weighted by atomic mass is 19.1. The first-order valence-electron chi connectivity index (χ1n) is 4.70. The molecule has 1 unspecified atom stereocenters. The Kier molecular flexibility index (Phi) is 6.16. The maximum absolute atomic E-state index is 12.6. The molecule has 0 amide bonds. The molecule has 0 rings (SSSR count). The van der Waals surface area contributed by atoms with Gasteiger partial charge in [-0.25, -0.2) is 4.39 Å². The van der Waals surface area contributed by atoms with Crippen LogP contribution >= 0.6 is 0 Å². The third-order valence-corrected chi connectivity index (χ3v) is 2.26. The molecule has 4 heteroatoms. The molecule has 80 valence electrons. The van der Waals surface area contributed by atoms with E-state index in [1.54, 1.807) is 6.92 Å². The summed E-state index contributed by atoms with van der Waals surface area (Å²) in [4.78, 5) is 0. The number of halogens is 2. The molecule has 0 radical (unpaired) electrons. The summed E-state index contributed by atoms with van der Waals surface area (Å²) >= 11 is 0. The molecule has 0 aromatic rings. The zero-order valence-electron chi connectivity index (χ0n) is 8.34. The topological polar surface area (TPSA) is 52.0 Å². The molecule has 0 aromatic heterocycles. The van der Waals surface area contributed by atoms with Crippen LogP contribution in [0.5, 0.6) is 0 Å². The Morgan fingerprint density at radius 3 is 2.08 bits per heavy atom. The van der Waals surface area contributed by atoms with Crippen LogP contribution in [0.25, 0.3) is 0 Å². The van der Waals surface area contributed by atoms with Crippen molar-refractivity contribution in [3.63, 3.8) is 0 Å². The van der Waals surface area contributed by atoms with Crippen molar-refractivity contribution in [3.05, 3.63) is 0 Å². The van der Waals surface area contributed by atoms with Gasteiger partial charge in [-0.3, -0.25) is 4.39 Å². The number of hydrogen-bond donors (Lipinski definition) is 2. The maximum Gasteiger partial charge on any atom is 0.0988 e. The van der Waals surface area contributed by atoms with Crippen LogP contribution in [0, 0.1) is 5.92 Å². The minimum atomic E-state index is -0.948. The summed E-state index contributed by atoms with van der Waals surface area (Å²) < 4.78 is 24.7. The summed E-state index contributed by atoms with van der Waals surface area (Å²) in [5.41, 5.74) is 11.3. The SMILES string of the molecule is C[C@H](F)C[C@@H](N)C(CCF)[C@@H](C)N. The number of hydrogen-bond acceptors (Lipinski definition) is 2. The van der Waals surface area contributed by atoms with Crippen LogP contribution in [0.4, 0.5) is 8.78 Å². The number of nitrogens with two attached hydrogens (primary N) is 2. The predicted molar refractivity (Wildman–Crippen MR) is 50.9 cm³/mol. The minimum Gasteiger partial charge on any atom is -0.328 e. The summed E-state index contributed by atoms with van der Waals surface area (Å²) in [6.45, 7) is 2.79. The highest BCUT2D eigenvalue weighted by Crippen LogP contribution is 2.16.